The zero-order valence-electron chi connectivity index (χ0n) is 17.5. The minimum atomic E-state index is -0.646. The van der Waals surface area contributed by atoms with Crippen molar-refractivity contribution >= 4 is 5.71 Å². The number of quaternary nitrogens is 1. The fraction of sp³-hybridized carbons (Fsp3) is 0.609. The molecule has 2 N–H and O–H groups in total. The normalized spacial score (nSPS) is 45.7. The average Bonchev–Trinajstić information content (AvgIpc) is 3.12. The van der Waals surface area contributed by atoms with E-state index in [2.05, 4.69) is 36.5 Å². The van der Waals surface area contributed by atoms with Crippen LogP contribution in [0.4, 0.5) is 0 Å². The van der Waals surface area contributed by atoms with Gasteiger partial charge in [0, 0.05) is 31.4 Å². The second kappa shape index (κ2) is 5.35. The number of rotatable bonds is 3. The molecule has 154 valence electrons. The highest BCUT2D eigenvalue weighted by atomic mass is 16.6. The summed E-state index contributed by atoms with van der Waals surface area (Å²) in [5.74, 6) is 1.69. The highest BCUT2D eigenvalue weighted by Gasteiger charge is 2.80. The van der Waals surface area contributed by atoms with Gasteiger partial charge in [-0.15, -0.1) is 0 Å². The Kier molecular flexibility index (Phi) is 3.28. The highest BCUT2D eigenvalue weighted by molar-refractivity contribution is 5.87. The molecule has 6 heteroatoms. The van der Waals surface area contributed by atoms with Crippen LogP contribution in [0.3, 0.4) is 0 Å². The van der Waals surface area contributed by atoms with Crippen LogP contribution in [0.2, 0.25) is 0 Å². The van der Waals surface area contributed by atoms with Crippen molar-refractivity contribution < 1.29 is 24.3 Å². The maximum Gasteiger partial charge on any atom is 0.166 e. The topological polar surface area (TPSA) is 64.7 Å². The molecule has 0 amide bonds. The minimum Gasteiger partial charge on any atom is -0.493 e. The maximum atomic E-state index is 9.69. The Morgan fingerprint density at radius 2 is 2.14 bits per heavy atom. The molecule has 1 saturated carbocycles. The second-order valence-corrected chi connectivity index (χ2v) is 9.63. The Morgan fingerprint density at radius 3 is 2.86 bits per heavy atom. The molecule has 1 aromatic carbocycles. The summed E-state index contributed by atoms with van der Waals surface area (Å²) >= 11 is 0. The van der Waals surface area contributed by atoms with E-state index < -0.39 is 5.60 Å². The summed E-state index contributed by atoms with van der Waals surface area (Å²) in [5, 5.41) is 13.3. The Hall–Kier alpha value is -2.05. The summed E-state index contributed by atoms with van der Waals surface area (Å²) in [6, 6.07) is 4.76. The first kappa shape index (κ1) is 17.8. The van der Waals surface area contributed by atoms with Crippen LogP contribution in [0.1, 0.15) is 30.9 Å². The predicted octanol–water partition coefficient (Wildman–Crippen LogP) is 1.35. The van der Waals surface area contributed by atoms with Crippen LogP contribution in [0.15, 0.2) is 29.4 Å². The van der Waals surface area contributed by atoms with Crippen molar-refractivity contribution in [3.05, 3.63) is 35.4 Å². The molecular formula is C23H29N2O4+. The van der Waals surface area contributed by atoms with Crippen molar-refractivity contribution in [2.24, 2.45) is 16.5 Å². The average molecular weight is 397 g/mol. The summed E-state index contributed by atoms with van der Waals surface area (Å²) in [6.07, 6.45) is 7.54. The number of methoxy groups -OCH3 is 2. The SMILES string of the molecule is COc1ccc2c3c1O[C@H]1[C@@]4(OC)C=C[C@@]5(C[C@@H]4C(C)=NO)[C@H](C2)[NH+](C)CC[C@]315. The van der Waals surface area contributed by atoms with Gasteiger partial charge in [-0.1, -0.05) is 23.4 Å². The van der Waals surface area contributed by atoms with Gasteiger partial charge in [-0.25, -0.2) is 0 Å². The standard InChI is InChI=1S/C23H28N2O4/c1-13(24-26)15-12-21-7-8-23(15,28-4)20-22(21)9-10-25(2)17(21)11-14-5-6-16(27-3)19(29-20)18(14)22/h5-8,15,17,20,26H,9-12H2,1-4H3/p+1/t15-,17+,20-,21-,22+,23-/m1/s1. The Morgan fingerprint density at radius 1 is 1.31 bits per heavy atom. The molecular weight excluding hydrogens is 368 g/mol. The van der Waals surface area contributed by atoms with Crippen LogP contribution in [0.25, 0.3) is 0 Å². The number of hydrogen-bond donors (Lipinski definition) is 2. The number of likely N-dealkylation sites (tertiary alicyclic amines) is 1. The van der Waals surface area contributed by atoms with Gasteiger partial charge in [0.1, 0.15) is 17.7 Å². The number of ether oxygens (including phenoxy) is 3. The zero-order valence-corrected chi connectivity index (χ0v) is 17.5. The smallest absolute Gasteiger partial charge is 0.166 e. The fourth-order valence-electron chi connectivity index (χ4n) is 7.91. The molecule has 29 heavy (non-hydrogen) atoms. The van der Waals surface area contributed by atoms with Crippen molar-refractivity contribution in [1.29, 1.82) is 0 Å². The lowest BCUT2D eigenvalue weighted by molar-refractivity contribution is -0.923. The summed E-state index contributed by atoms with van der Waals surface area (Å²) in [6.45, 7) is 3.03. The van der Waals surface area contributed by atoms with Crippen LogP contribution in [-0.2, 0) is 16.6 Å². The third-order valence-electron chi connectivity index (χ3n) is 9.10. The maximum absolute atomic E-state index is 9.69. The summed E-state index contributed by atoms with van der Waals surface area (Å²) < 4.78 is 18.9. The van der Waals surface area contributed by atoms with Gasteiger partial charge >= 0.3 is 0 Å². The third-order valence-corrected chi connectivity index (χ3v) is 9.10. The van der Waals surface area contributed by atoms with Gasteiger partial charge in [-0.2, -0.15) is 0 Å². The van der Waals surface area contributed by atoms with Crippen molar-refractivity contribution in [1.82, 2.24) is 0 Å². The first-order valence-electron chi connectivity index (χ1n) is 10.6. The van der Waals surface area contributed by atoms with E-state index >= 15 is 0 Å². The molecule has 6 nitrogen and oxygen atoms in total. The van der Waals surface area contributed by atoms with Gasteiger partial charge in [-0.05, 0) is 25.0 Å². The van der Waals surface area contributed by atoms with Crippen LogP contribution in [0, 0.1) is 11.3 Å². The number of benzene rings is 1. The van der Waals surface area contributed by atoms with E-state index in [-0.39, 0.29) is 22.9 Å². The third kappa shape index (κ3) is 1.65. The Labute approximate surface area is 171 Å². The molecule has 1 saturated heterocycles. The lowest BCUT2D eigenvalue weighted by Gasteiger charge is -2.69. The van der Waals surface area contributed by atoms with Crippen LogP contribution in [-0.4, -0.2) is 56.5 Å². The molecule has 0 aromatic heterocycles. The summed E-state index contributed by atoms with van der Waals surface area (Å²) in [5.41, 5.74) is 2.67. The number of nitrogens with zero attached hydrogens (tertiary/aromatic N) is 1. The highest BCUT2D eigenvalue weighted by Crippen LogP contribution is 2.73. The molecule has 1 unspecified atom stereocenters. The molecule has 2 aliphatic heterocycles. The van der Waals surface area contributed by atoms with Crippen molar-refractivity contribution in [3.8, 4) is 11.5 Å². The first-order valence-corrected chi connectivity index (χ1v) is 10.6. The van der Waals surface area contributed by atoms with E-state index in [0.29, 0.717) is 6.04 Å². The largest absolute Gasteiger partial charge is 0.493 e. The number of fused-ring (bicyclic) bond motifs is 1. The van der Waals surface area contributed by atoms with E-state index in [9.17, 15) is 5.21 Å². The number of piperidine rings is 1. The van der Waals surface area contributed by atoms with E-state index in [1.54, 1.807) is 19.1 Å². The first-order chi connectivity index (χ1) is 14.0. The summed E-state index contributed by atoms with van der Waals surface area (Å²) in [4.78, 5) is 1.58. The fourth-order valence-corrected chi connectivity index (χ4v) is 7.91. The summed E-state index contributed by atoms with van der Waals surface area (Å²) in [7, 11) is 5.81. The molecule has 2 spiro atoms. The molecule has 2 heterocycles. The number of oxime groups is 1. The lowest BCUT2D eigenvalue weighted by Crippen LogP contribution is -3.18. The monoisotopic (exact) mass is 397 g/mol. The quantitative estimate of drug-likeness (QED) is 0.350. The predicted molar refractivity (Wildman–Crippen MR) is 107 cm³/mol. The number of likely N-dealkylation sites (N-methyl/N-ethyl adjacent to an activating group) is 1. The molecule has 6 aliphatic rings. The van der Waals surface area contributed by atoms with Crippen molar-refractivity contribution in [2.45, 2.75) is 49.3 Å². The molecule has 0 radical (unpaired) electrons. The Bertz CT molecular complexity index is 974. The number of hydrogen-bond acceptors (Lipinski definition) is 5. The Balaban J connectivity index is 1.70. The van der Waals surface area contributed by atoms with E-state index in [1.165, 1.54) is 11.1 Å². The van der Waals surface area contributed by atoms with Crippen LogP contribution < -0.4 is 14.4 Å². The number of nitrogens with one attached hydrogen (secondary N) is 1. The minimum absolute atomic E-state index is 0.0177. The molecule has 2 fully saturated rings. The van der Waals surface area contributed by atoms with Gasteiger partial charge in [0.05, 0.1) is 37.2 Å². The van der Waals surface area contributed by atoms with E-state index in [0.717, 1.165) is 43.0 Å². The second-order valence-electron chi connectivity index (χ2n) is 9.63. The van der Waals surface area contributed by atoms with Gasteiger partial charge in [0.2, 0.25) is 0 Å². The zero-order chi connectivity index (χ0) is 20.2. The van der Waals surface area contributed by atoms with Crippen molar-refractivity contribution in [3.63, 3.8) is 0 Å². The van der Waals surface area contributed by atoms with Gasteiger partial charge in [0.15, 0.2) is 11.5 Å². The molecule has 1 aromatic rings. The van der Waals surface area contributed by atoms with Gasteiger partial charge in [0.25, 0.3) is 0 Å². The van der Waals surface area contributed by atoms with Gasteiger partial charge < -0.3 is 24.3 Å². The molecule has 7 atom stereocenters. The van der Waals surface area contributed by atoms with E-state index in [1.807, 2.05) is 6.92 Å². The lowest BCUT2D eigenvalue weighted by atomic mass is 9.37. The van der Waals surface area contributed by atoms with Crippen LogP contribution in [0.5, 0.6) is 11.5 Å². The van der Waals surface area contributed by atoms with Crippen LogP contribution >= 0.6 is 0 Å². The molecule has 4 bridgehead atoms. The van der Waals surface area contributed by atoms with Gasteiger partial charge in [-0.3, -0.25) is 0 Å². The molecule has 7 rings (SSSR count). The van der Waals surface area contributed by atoms with Crippen molar-refractivity contribution in [2.75, 3.05) is 27.8 Å². The molecule has 4 aliphatic carbocycles. The van der Waals surface area contributed by atoms with E-state index in [4.69, 9.17) is 14.2 Å².